The average molecular weight is 449 g/mol. The summed E-state index contributed by atoms with van der Waals surface area (Å²) < 4.78 is 6.07. The topological polar surface area (TPSA) is 35.9 Å². The number of rotatable bonds is 6. The van der Waals surface area contributed by atoms with E-state index in [2.05, 4.69) is 54.0 Å². The molecule has 2 aliphatic heterocycles. The number of likely N-dealkylation sites (tertiary alicyclic amines) is 1. The van der Waals surface area contributed by atoms with Gasteiger partial charge in [0.1, 0.15) is 18.1 Å². The van der Waals surface area contributed by atoms with Gasteiger partial charge in [0.05, 0.1) is 6.04 Å². The lowest BCUT2D eigenvalue weighted by Crippen LogP contribution is -2.45. The van der Waals surface area contributed by atoms with Gasteiger partial charge in [-0.1, -0.05) is 32.0 Å². The molecule has 1 saturated carbocycles. The van der Waals surface area contributed by atoms with E-state index in [9.17, 15) is 5.11 Å². The van der Waals surface area contributed by atoms with Gasteiger partial charge in [0, 0.05) is 19.1 Å². The van der Waals surface area contributed by atoms with Gasteiger partial charge in [0.25, 0.3) is 0 Å². The lowest BCUT2D eigenvalue weighted by molar-refractivity contribution is 0.0781. The van der Waals surface area contributed by atoms with E-state index in [1.165, 1.54) is 68.3 Å². The molecule has 1 aliphatic carbocycles. The van der Waals surface area contributed by atoms with E-state index in [0.29, 0.717) is 17.2 Å². The molecule has 0 amide bonds. The van der Waals surface area contributed by atoms with Gasteiger partial charge in [-0.05, 0) is 104 Å². The fourth-order valence-corrected chi connectivity index (χ4v) is 6.16. The lowest BCUT2D eigenvalue weighted by atomic mass is 9.74. The minimum atomic E-state index is 0.249. The molecule has 0 aromatic heterocycles. The fourth-order valence-electron chi connectivity index (χ4n) is 6.16. The Bertz CT molecular complexity index is 923. The van der Waals surface area contributed by atoms with Crippen molar-refractivity contribution in [2.24, 2.45) is 5.41 Å². The van der Waals surface area contributed by atoms with E-state index < -0.39 is 0 Å². The van der Waals surface area contributed by atoms with Crippen LogP contribution in [0, 0.1) is 5.41 Å². The monoisotopic (exact) mass is 448 g/mol. The number of ether oxygens (including phenoxy) is 1. The summed E-state index contributed by atoms with van der Waals surface area (Å²) in [7, 11) is 0. The molecule has 2 heterocycles. The predicted molar refractivity (Wildman–Crippen MR) is 134 cm³/mol. The molecule has 3 aliphatic rings. The number of hydrogen-bond acceptors (Lipinski definition) is 4. The molecule has 0 spiro atoms. The highest BCUT2D eigenvalue weighted by Gasteiger charge is 2.37. The SMILES string of the molecule is CC1(C)CCC(N2CCc3cc(O)ccc3C2c2ccc(OCCN3CCCC3)cc2)CC1. The van der Waals surface area contributed by atoms with E-state index in [1.54, 1.807) is 0 Å². The summed E-state index contributed by atoms with van der Waals surface area (Å²) in [5.74, 6) is 1.34. The van der Waals surface area contributed by atoms with Crippen molar-refractivity contribution in [2.75, 3.05) is 32.8 Å². The molecule has 0 bridgehead atoms. The zero-order valence-corrected chi connectivity index (χ0v) is 20.4. The van der Waals surface area contributed by atoms with E-state index in [-0.39, 0.29) is 6.04 Å². The first-order valence-corrected chi connectivity index (χ1v) is 13.0. The second kappa shape index (κ2) is 9.68. The van der Waals surface area contributed by atoms with Gasteiger partial charge >= 0.3 is 0 Å². The molecule has 2 aromatic rings. The van der Waals surface area contributed by atoms with Gasteiger partial charge in [-0.2, -0.15) is 0 Å². The van der Waals surface area contributed by atoms with Crippen molar-refractivity contribution in [2.45, 2.75) is 70.9 Å². The van der Waals surface area contributed by atoms with E-state index in [1.807, 2.05) is 12.1 Å². The van der Waals surface area contributed by atoms with Crippen LogP contribution < -0.4 is 4.74 Å². The summed E-state index contributed by atoms with van der Waals surface area (Å²) in [5, 5.41) is 10.1. The fraction of sp³-hybridized carbons (Fsp3) is 0.586. The second-order valence-corrected chi connectivity index (χ2v) is 11.1. The quantitative estimate of drug-likeness (QED) is 0.607. The Labute approximate surface area is 199 Å². The van der Waals surface area contributed by atoms with Crippen molar-refractivity contribution in [1.82, 2.24) is 9.80 Å². The number of benzene rings is 2. The van der Waals surface area contributed by atoms with Gasteiger partial charge in [-0.25, -0.2) is 0 Å². The molecule has 5 rings (SSSR count). The molecule has 4 nitrogen and oxygen atoms in total. The molecule has 0 radical (unpaired) electrons. The van der Waals surface area contributed by atoms with Crippen LogP contribution >= 0.6 is 0 Å². The molecule has 178 valence electrons. The highest BCUT2D eigenvalue weighted by molar-refractivity contribution is 5.44. The summed E-state index contributed by atoms with van der Waals surface area (Å²) in [6, 6.07) is 15.7. The Balaban J connectivity index is 1.34. The first kappa shape index (κ1) is 22.7. The van der Waals surface area contributed by atoms with Gasteiger partial charge < -0.3 is 9.84 Å². The van der Waals surface area contributed by atoms with Crippen LogP contribution in [0.25, 0.3) is 0 Å². The van der Waals surface area contributed by atoms with Crippen LogP contribution in [0.5, 0.6) is 11.5 Å². The van der Waals surface area contributed by atoms with E-state index in [0.717, 1.165) is 31.9 Å². The van der Waals surface area contributed by atoms with E-state index in [4.69, 9.17) is 4.74 Å². The molecular weight excluding hydrogens is 408 g/mol. The zero-order chi connectivity index (χ0) is 22.8. The van der Waals surface area contributed by atoms with Crippen molar-refractivity contribution >= 4 is 0 Å². The molecule has 2 fully saturated rings. The number of fused-ring (bicyclic) bond motifs is 1. The maximum atomic E-state index is 10.1. The van der Waals surface area contributed by atoms with Crippen LogP contribution in [0.15, 0.2) is 42.5 Å². The van der Waals surface area contributed by atoms with Crippen molar-refractivity contribution in [1.29, 1.82) is 0 Å². The van der Waals surface area contributed by atoms with Crippen LogP contribution in [-0.2, 0) is 6.42 Å². The summed E-state index contributed by atoms with van der Waals surface area (Å²) in [6.45, 7) is 10.1. The maximum Gasteiger partial charge on any atom is 0.119 e. The molecule has 1 atom stereocenters. The van der Waals surface area contributed by atoms with Crippen LogP contribution in [0.4, 0.5) is 0 Å². The molecule has 4 heteroatoms. The normalized spacial score (nSPS) is 24.0. The van der Waals surface area contributed by atoms with Gasteiger partial charge in [0.15, 0.2) is 0 Å². The molecule has 1 unspecified atom stereocenters. The van der Waals surface area contributed by atoms with Crippen molar-refractivity contribution in [3.05, 3.63) is 59.2 Å². The Kier molecular flexibility index (Phi) is 6.67. The zero-order valence-electron chi connectivity index (χ0n) is 20.4. The standard InChI is InChI=1S/C29H40N2O2/c1-29(2)14-11-24(12-15-29)31-18-13-23-21-25(32)7-10-27(23)28(31)22-5-8-26(9-6-22)33-20-19-30-16-3-4-17-30/h5-10,21,24,28,32H,3-4,11-20H2,1-2H3. The minimum absolute atomic E-state index is 0.249. The van der Waals surface area contributed by atoms with Crippen LogP contribution in [0.3, 0.4) is 0 Å². The van der Waals surface area contributed by atoms with E-state index >= 15 is 0 Å². The maximum absolute atomic E-state index is 10.1. The minimum Gasteiger partial charge on any atom is -0.508 e. The smallest absolute Gasteiger partial charge is 0.119 e. The highest BCUT2D eigenvalue weighted by Crippen LogP contribution is 2.43. The van der Waals surface area contributed by atoms with Crippen molar-refractivity contribution in [3.63, 3.8) is 0 Å². The summed E-state index contributed by atoms with van der Waals surface area (Å²) in [4.78, 5) is 5.24. The van der Waals surface area contributed by atoms with Gasteiger partial charge in [0.2, 0.25) is 0 Å². The molecule has 1 N–H and O–H groups in total. The third-order valence-electron chi connectivity index (χ3n) is 8.24. The predicted octanol–water partition coefficient (Wildman–Crippen LogP) is 5.78. The average Bonchev–Trinajstić information content (AvgIpc) is 3.32. The second-order valence-electron chi connectivity index (χ2n) is 11.1. The Morgan fingerprint density at radius 1 is 0.970 bits per heavy atom. The third kappa shape index (κ3) is 5.22. The molecule has 2 aromatic carbocycles. The van der Waals surface area contributed by atoms with Crippen LogP contribution in [0.1, 0.15) is 75.1 Å². The first-order valence-electron chi connectivity index (χ1n) is 13.0. The number of phenols is 1. The Morgan fingerprint density at radius 2 is 1.70 bits per heavy atom. The number of hydrogen-bond donors (Lipinski definition) is 1. The van der Waals surface area contributed by atoms with Crippen LogP contribution in [-0.4, -0.2) is 53.7 Å². The van der Waals surface area contributed by atoms with Crippen LogP contribution in [0.2, 0.25) is 0 Å². The third-order valence-corrected chi connectivity index (χ3v) is 8.24. The Hall–Kier alpha value is -2.04. The molecular formula is C29H40N2O2. The van der Waals surface area contributed by atoms with Crippen molar-refractivity contribution in [3.8, 4) is 11.5 Å². The summed E-state index contributed by atoms with van der Waals surface area (Å²) in [6.07, 6.45) is 8.80. The number of phenolic OH excluding ortho intramolecular Hbond substituents is 1. The molecule has 1 saturated heterocycles. The van der Waals surface area contributed by atoms with Gasteiger partial charge in [-0.15, -0.1) is 0 Å². The Morgan fingerprint density at radius 3 is 2.42 bits per heavy atom. The lowest BCUT2D eigenvalue weighted by Gasteiger charge is -2.46. The largest absolute Gasteiger partial charge is 0.508 e. The summed E-state index contributed by atoms with van der Waals surface area (Å²) in [5.41, 5.74) is 4.45. The van der Waals surface area contributed by atoms with Crippen molar-refractivity contribution < 1.29 is 9.84 Å². The first-order chi connectivity index (χ1) is 16.0. The number of aromatic hydroxyl groups is 1. The molecule has 33 heavy (non-hydrogen) atoms. The summed E-state index contributed by atoms with van der Waals surface area (Å²) >= 11 is 0. The highest BCUT2D eigenvalue weighted by atomic mass is 16.5. The van der Waals surface area contributed by atoms with Gasteiger partial charge in [-0.3, -0.25) is 9.80 Å². The number of nitrogens with zero attached hydrogens (tertiary/aromatic N) is 2.